The van der Waals surface area contributed by atoms with Gasteiger partial charge in [-0.25, -0.2) is 4.39 Å². The third-order valence-electron chi connectivity index (χ3n) is 2.81. The van der Waals surface area contributed by atoms with Gasteiger partial charge >= 0.3 is 5.97 Å². The van der Waals surface area contributed by atoms with Gasteiger partial charge in [-0.1, -0.05) is 12.8 Å². The number of aromatic hydroxyl groups is 1. The standard InChI is InChI=1S/C14H18FNO4/c15-10-6-7-12(17)11(9-10)14(20)16-8-4-2-1-3-5-13(18)19/h6-7,9,17H,1-5,8H2,(H,16,20)(H,18,19). The molecule has 110 valence electrons. The van der Waals surface area contributed by atoms with E-state index in [0.29, 0.717) is 19.4 Å². The van der Waals surface area contributed by atoms with Crippen LogP contribution in [0.1, 0.15) is 42.5 Å². The molecule has 0 saturated heterocycles. The molecule has 1 rings (SSSR count). The van der Waals surface area contributed by atoms with Crippen LogP contribution in [-0.4, -0.2) is 28.6 Å². The molecule has 1 aromatic carbocycles. The second-order valence-electron chi connectivity index (χ2n) is 4.48. The summed E-state index contributed by atoms with van der Waals surface area (Å²) < 4.78 is 13.0. The molecule has 5 nitrogen and oxygen atoms in total. The zero-order valence-electron chi connectivity index (χ0n) is 11.1. The maximum atomic E-state index is 13.0. The molecule has 0 heterocycles. The molecule has 20 heavy (non-hydrogen) atoms. The van der Waals surface area contributed by atoms with Gasteiger partial charge in [0, 0.05) is 13.0 Å². The minimum absolute atomic E-state index is 0.0872. The van der Waals surface area contributed by atoms with Gasteiger partial charge in [-0.15, -0.1) is 0 Å². The van der Waals surface area contributed by atoms with Gasteiger partial charge in [0.1, 0.15) is 11.6 Å². The normalized spacial score (nSPS) is 10.2. The van der Waals surface area contributed by atoms with E-state index in [2.05, 4.69) is 5.32 Å². The number of benzene rings is 1. The Morgan fingerprint density at radius 3 is 2.55 bits per heavy atom. The number of carboxylic acid groups (broad SMARTS) is 1. The number of rotatable bonds is 8. The van der Waals surface area contributed by atoms with Crippen molar-refractivity contribution in [3.8, 4) is 5.75 Å². The fourth-order valence-corrected chi connectivity index (χ4v) is 1.74. The largest absolute Gasteiger partial charge is 0.507 e. The average Bonchev–Trinajstić information content (AvgIpc) is 2.39. The first-order valence-electron chi connectivity index (χ1n) is 6.49. The van der Waals surface area contributed by atoms with Crippen molar-refractivity contribution in [2.45, 2.75) is 32.1 Å². The number of phenolic OH excluding ortho intramolecular Hbond substituents is 1. The predicted octanol–water partition coefficient (Wildman–Crippen LogP) is 2.30. The van der Waals surface area contributed by atoms with E-state index in [1.165, 1.54) is 0 Å². The van der Waals surface area contributed by atoms with Crippen LogP contribution in [0.5, 0.6) is 5.75 Å². The van der Waals surface area contributed by atoms with E-state index in [0.717, 1.165) is 31.0 Å². The Hall–Kier alpha value is -2.11. The maximum absolute atomic E-state index is 13.0. The lowest BCUT2D eigenvalue weighted by atomic mass is 10.1. The van der Waals surface area contributed by atoms with Crippen molar-refractivity contribution < 1.29 is 24.2 Å². The molecule has 0 aliphatic heterocycles. The van der Waals surface area contributed by atoms with Crippen LogP contribution in [0, 0.1) is 5.82 Å². The minimum atomic E-state index is -0.806. The van der Waals surface area contributed by atoms with Crippen LogP contribution in [0.15, 0.2) is 18.2 Å². The maximum Gasteiger partial charge on any atom is 0.303 e. The molecule has 0 aliphatic rings. The second-order valence-corrected chi connectivity index (χ2v) is 4.48. The molecule has 3 N–H and O–H groups in total. The highest BCUT2D eigenvalue weighted by molar-refractivity contribution is 5.96. The summed E-state index contributed by atoms with van der Waals surface area (Å²) in [6.07, 6.45) is 3.08. The number of aliphatic carboxylic acids is 1. The van der Waals surface area contributed by atoms with Gasteiger partial charge in [-0.2, -0.15) is 0 Å². The lowest BCUT2D eigenvalue weighted by Crippen LogP contribution is -2.24. The zero-order valence-corrected chi connectivity index (χ0v) is 11.1. The number of phenols is 1. The second kappa shape index (κ2) is 8.14. The smallest absolute Gasteiger partial charge is 0.303 e. The fourth-order valence-electron chi connectivity index (χ4n) is 1.74. The summed E-state index contributed by atoms with van der Waals surface area (Å²) in [5, 5.41) is 20.5. The molecule has 0 atom stereocenters. The highest BCUT2D eigenvalue weighted by Crippen LogP contribution is 2.17. The number of nitrogens with one attached hydrogen (secondary N) is 1. The summed E-state index contributed by atoms with van der Waals surface area (Å²) in [6.45, 7) is 0.405. The number of hydrogen-bond acceptors (Lipinski definition) is 3. The average molecular weight is 283 g/mol. The molecule has 1 amide bonds. The van der Waals surface area contributed by atoms with Crippen LogP contribution >= 0.6 is 0 Å². The van der Waals surface area contributed by atoms with Crippen molar-refractivity contribution >= 4 is 11.9 Å². The third-order valence-corrected chi connectivity index (χ3v) is 2.81. The number of hydrogen-bond donors (Lipinski definition) is 3. The van der Waals surface area contributed by atoms with Gasteiger partial charge in [0.05, 0.1) is 5.56 Å². The Balaban J connectivity index is 2.23. The first-order valence-corrected chi connectivity index (χ1v) is 6.49. The van der Waals surface area contributed by atoms with Gasteiger partial charge in [0.25, 0.3) is 5.91 Å². The van der Waals surface area contributed by atoms with Gasteiger partial charge in [-0.05, 0) is 31.0 Å². The molecule has 0 saturated carbocycles. The Morgan fingerprint density at radius 2 is 1.85 bits per heavy atom. The first kappa shape index (κ1) is 15.9. The Kier molecular flexibility index (Phi) is 6.49. The predicted molar refractivity (Wildman–Crippen MR) is 71.1 cm³/mol. The van der Waals surface area contributed by atoms with Gasteiger partial charge in [-0.3, -0.25) is 9.59 Å². The van der Waals surface area contributed by atoms with Crippen molar-refractivity contribution in [3.63, 3.8) is 0 Å². The SMILES string of the molecule is O=C(O)CCCCCCNC(=O)c1cc(F)ccc1O. The molecule has 0 radical (unpaired) electrons. The highest BCUT2D eigenvalue weighted by Gasteiger charge is 2.11. The molecule has 6 heteroatoms. The third kappa shape index (κ3) is 5.69. The number of carbonyl (C=O) groups is 2. The van der Waals surface area contributed by atoms with E-state index in [1.54, 1.807) is 0 Å². The van der Waals surface area contributed by atoms with E-state index in [1.807, 2.05) is 0 Å². The summed E-state index contributed by atoms with van der Waals surface area (Å²) in [5.41, 5.74) is -0.0872. The van der Waals surface area contributed by atoms with Crippen molar-refractivity contribution in [1.29, 1.82) is 0 Å². The molecule has 0 spiro atoms. The molecule has 0 fully saturated rings. The van der Waals surface area contributed by atoms with Gasteiger partial charge < -0.3 is 15.5 Å². The first-order chi connectivity index (χ1) is 9.50. The molecule has 1 aromatic rings. The van der Waals surface area contributed by atoms with E-state index < -0.39 is 17.7 Å². The molecule has 0 aliphatic carbocycles. The molecule has 0 aromatic heterocycles. The topological polar surface area (TPSA) is 86.6 Å². The number of amides is 1. The summed E-state index contributed by atoms with van der Waals surface area (Å²) in [5.74, 6) is -2.17. The van der Waals surface area contributed by atoms with E-state index in [9.17, 15) is 19.1 Å². The number of carbonyl (C=O) groups excluding carboxylic acids is 1. The number of carboxylic acids is 1. The van der Waals surface area contributed by atoms with Crippen molar-refractivity contribution in [3.05, 3.63) is 29.6 Å². The zero-order chi connectivity index (χ0) is 15.0. The lowest BCUT2D eigenvalue weighted by Gasteiger charge is -2.06. The summed E-state index contributed by atoms with van der Waals surface area (Å²) in [6, 6.07) is 3.20. The van der Waals surface area contributed by atoms with Crippen molar-refractivity contribution in [2.75, 3.05) is 6.54 Å². The summed E-state index contributed by atoms with van der Waals surface area (Å²) >= 11 is 0. The van der Waals surface area contributed by atoms with Crippen molar-refractivity contribution in [2.24, 2.45) is 0 Å². The van der Waals surface area contributed by atoms with Crippen molar-refractivity contribution in [1.82, 2.24) is 5.32 Å². The van der Waals surface area contributed by atoms with Crippen LogP contribution in [0.4, 0.5) is 4.39 Å². The lowest BCUT2D eigenvalue weighted by molar-refractivity contribution is -0.137. The number of halogens is 1. The van der Waals surface area contributed by atoms with E-state index in [-0.39, 0.29) is 17.7 Å². The minimum Gasteiger partial charge on any atom is -0.507 e. The molecule has 0 bridgehead atoms. The summed E-state index contributed by atoms with van der Waals surface area (Å²) in [7, 11) is 0. The Morgan fingerprint density at radius 1 is 1.15 bits per heavy atom. The monoisotopic (exact) mass is 283 g/mol. The molecular weight excluding hydrogens is 265 g/mol. The Bertz CT molecular complexity index is 476. The highest BCUT2D eigenvalue weighted by atomic mass is 19.1. The van der Waals surface area contributed by atoms with Crippen LogP contribution in [-0.2, 0) is 4.79 Å². The van der Waals surface area contributed by atoms with Crippen LogP contribution in [0.3, 0.4) is 0 Å². The van der Waals surface area contributed by atoms with Gasteiger partial charge in [0.15, 0.2) is 0 Å². The fraction of sp³-hybridized carbons (Fsp3) is 0.429. The van der Waals surface area contributed by atoms with Crippen LogP contribution < -0.4 is 5.32 Å². The van der Waals surface area contributed by atoms with Crippen LogP contribution in [0.2, 0.25) is 0 Å². The summed E-state index contributed by atoms with van der Waals surface area (Å²) in [4.78, 5) is 22.0. The van der Waals surface area contributed by atoms with E-state index in [4.69, 9.17) is 5.11 Å². The molecule has 0 unspecified atom stereocenters. The Labute approximate surface area is 116 Å². The quantitative estimate of drug-likeness (QED) is 0.639. The van der Waals surface area contributed by atoms with Crippen LogP contribution in [0.25, 0.3) is 0 Å². The number of unbranched alkanes of at least 4 members (excludes halogenated alkanes) is 3. The van der Waals surface area contributed by atoms with Gasteiger partial charge in [0.2, 0.25) is 0 Å². The molecular formula is C14H18FNO4. The van der Waals surface area contributed by atoms with E-state index >= 15 is 0 Å².